The molecule has 0 saturated carbocycles. The molecule has 2 aromatic rings. The van der Waals surface area contributed by atoms with Crippen LogP contribution in [0, 0.1) is 17.0 Å². The Hall–Kier alpha value is -2.48. The van der Waals surface area contributed by atoms with Gasteiger partial charge in [-0.1, -0.05) is 0 Å². The Morgan fingerprint density at radius 1 is 1.43 bits per heavy atom. The second-order valence-corrected chi connectivity index (χ2v) is 5.06. The molecular formula is C13H10BrN3O4. The predicted octanol–water partition coefficient (Wildman–Crippen LogP) is 3.50. The first-order chi connectivity index (χ1) is 9.90. The predicted molar refractivity (Wildman–Crippen MR) is 80.0 cm³/mol. The SMILES string of the molecule is Cc1ccnc(Nc2ccc(C(=O)O)cc2Br)c1[N+](=O)[O-]. The van der Waals surface area contributed by atoms with Crippen LogP contribution in [0.2, 0.25) is 0 Å². The van der Waals surface area contributed by atoms with E-state index in [1.54, 1.807) is 13.0 Å². The lowest BCUT2D eigenvalue weighted by atomic mass is 10.2. The Morgan fingerprint density at radius 2 is 2.14 bits per heavy atom. The van der Waals surface area contributed by atoms with E-state index < -0.39 is 10.9 Å². The number of nitro groups is 1. The normalized spacial score (nSPS) is 10.2. The number of nitrogens with one attached hydrogen (secondary N) is 1. The van der Waals surface area contributed by atoms with Gasteiger partial charge in [-0.2, -0.15) is 0 Å². The van der Waals surface area contributed by atoms with E-state index in [-0.39, 0.29) is 17.1 Å². The third kappa shape index (κ3) is 3.16. The summed E-state index contributed by atoms with van der Waals surface area (Å²) in [4.78, 5) is 25.4. The lowest BCUT2D eigenvalue weighted by Gasteiger charge is -2.09. The molecule has 2 N–H and O–H groups in total. The first kappa shape index (κ1) is 14.9. The molecule has 21 heavy (non-hydrogen) atoms. The lowest BCUT2D eigenvalue weighted by molar-refractivity contribution is -0.384. The molecule has 0 aliphatic rings. The number of nitrogens with zero attached hydrogens (tertiary/aromatic N) is 2. The van der Waals surface area contributed by atoms with Crippen LogP contribution in [0.25, 0.3) is 0 Å². The fourth-order valence-corrected chi connectivity index (χ4v) is 2.23. The van der Waals surface area contributed by atoms with Gasteiger partial charge in [-0.05, 0) is 47.1 Å². The van der Waals surface area contributed by atoms with Crippen molar-refractivity contribution in [3.63, 3.8) is 0 Å². The van der Waals surface area contributed by atoms with Gasteiger partial charge in [0.05, 0.1) is 16.2 Å². The van der Waals surface area contributed by atoms with Crippen molar-refractivity contribution in [2.45, 2.75) is 6.92 Å². The molecule has 2 rings (SSSR count). The van der Waals surface area contributed by atoms with Crippen molar-refractivity contribution in [3.8, 4) is 0 Å². The number of halogens is 1. The summed E-state index contributed by atoms with van der Waals surface area (Å²) >= 11 is 3.23. The smallest absolute Gasteiger partial charge is 0.335 e. The molecule has 7 nitrogen and oxygen atoms in total. The Kier molecular flexibility index (Phi) is 4.18. The van der Waals surface area contributed by atoms with Crippen molar-refractivity contribution >= 4 is 39.1 Å². The molecule has 0 aliphatic heterocycles. The molecule has 0 atom stereocenters. The fourth-order valence-electron chi connectivity index (χ4n) is 1.75. The topological polar surface area (TPSA) is 105 Å². The number of aromatic nitrogens is 1. The summed E-state index contributed by atoms with van der Waals surface area (Å²) in [5.74, 6) is -0.953. The average molecular weight is 352 g/mol. The summed E-state index contributed by atoms with van der Waals surface area (Å²) in [6.07, 6.45) is 1.46. The quantitative estimate of drug-likeness (QED) is 0.644. The third-order valence-corrected chi connectivity index (χ3v) is 3.43. The maximum Gasteiger partial charge on any atom is 0.335 e. The van der Waals surface area contributed by atoms with Crippen LogP contribution in [0.1, 0.15) is 15.9 Å². The molecule has 1 heterocycles. The molecule has 1 aromatic carbocycles. The fraction of sp³-hybridized carbons (Fsp3) is 0.0769. The van der Waals surface area contributed by atoms with E-state index in [9.17, 15) is 14.9 Å². The number of aryl methyl sites for hydroxylation is 1. The van der Waals surface area contributed by atoms with Crippen LogP contribution in [-0.2, 0) is 0 Å². The first-order valence-corrected chi connectivity index (χ1v) is 6.59. The molecule has 0 spiro atoms. The first-order valence-electron chi connectivity index (χ1n) is 5.80. The number of anilines is 2. The minimum Gasteiger partial charge on any atom is -0.478 e. The second kappa shape index (κ2) is 5.88. The van der Waals surface area contributed by atoms with E-state index in [4.69, 9.17) is 5.11 Å². The van der Waals surface area contributed by atoms with Gasteiger partial charge in [-0.25, -0.2) is 9.78 Å². The average Bonchev–Trinajstić information content (AvgIpc) is 2.40. The van der Waals surface area contributed by atoms with E-state index in [1.165, 1.54) is 24.4 Å². The van der Waals surface area contributed by atoms with E-state index >= 15 is 0 Å². The number of rotatable bonds is 4. The molecule has 0 bridgehead atoms. The van der Waals surface area contributed by atoms with Crippen molar-refractivity contribution in [2.24, 2.45) is 0 Å². The number of carboxylic acid groups (broad SMARTS) is 1. The van der Waals surface area contributed by atoms with Crippen LogP contribution in [0.15, 0.2) is 34.9 Å². The minimum absolute atomic E-state index is 0.101. The highest BCUT2D eigenvalue weighted by atomic mass is 79.9. The van der Waals surface area contributed by atoms with Crippen molar-refractivity contribution in [2.75, 3.05) is 5.32 Å². The lowest BCUT2D eigenvalue weighted by Crippen LogP contribution is -2.03. The van der Waals surface area contributed by atoms with Gasteiger partial charge in [-0.3, -0.25) is 10.1 Å². The molecule has 0 fully saturated rings. The Labute approximate surface area is 127 Å². The van der Waals surface area contributed by atoms with Crippen molar-refractivity contribution < 1.29 is 14.8 Å². The van der Waals surface area contributed by atoms with Gasteiger partial charge in [0.25, 0.3) is 0 Å². The molecule has 0 unspecified atom stereocenters. The van der Waals surface area contributed by atoms with Crippen LogP contribution in [0.4, 0.5) is 17.2 Å². The summed E-state index contributed by atoms with van der Waals surface area (Å²) in [6.45, 7) is 1.62. The third-order valence-electron chi connectivity index (χ3n) is 2.78. The van der Waals surface area contributed by atoms with E-state index in [0.717, 1.165) is 0 Å². The molecule has 108 valence electrons. The highest BCUT2D eigenvalue weighted by Gasteiger charge is 2.19. The second-order valence-electron chi connectivity index (χ2n) is 4.21. The Morgan fingerprint density at radius 3 is 2.71 bits per heavy atom. The van der Waals surface area contributed by atoms with Gasteiger partial charge in [0.2, 0.25) is 5.82 Å². The van der Waals surface area contributed by atoms with E-state index in [2.05, 4.69) is 26.2 Å². The van der Waals surface area contributed by atoms with Crippen LogP contribution >= 0.6 is 15.9 Å². The number of aromatic carboxylic acids is 1. The van der Waals surface area contributed by atoms with Crippen LogP contribution < -0.4 is 5.32 Å². The zero-order valence-corrected chi connectivity index (χ0v) is 12.4. The molecule has 0 radical (unpaired) electrons. The standard InChI is InChI=1S/C13H10BrN3O4/c1-7-4-5-15-12(11(7)17(20)21)16-10-3-2-8(13(18)19)6-9(10)14/h2-6H,1H3,(H,15,16)(H,18,19). The van der Waals surface area contributed by atoms with Crippen molar-refractivity contribution in [1.82, 2.24) is 4.98 Å². The van der Waals surface area contributed by atoms with Gasteiger partial charge in [0.1, 0.15) is 0 Å². The molecule has 1 aromatic heterocycles. The van der Waals surface area contributed by atoms with Crippen LogP contribution in [-0.4, -0.2) is 21.0 Å². The largest absolute Gasteiger partial charge is 0.478 e. The highest BCUT2D eigenvalue weighted by Crippen LogP contribution is 2.32. The van der Waals surface area contributed by atoms with Crippen molar-refractivity contribution in [3.05, 3.63) is 56.2 Å². The van der Waals surface area contributed by atoms with Crippen molar-refractivity contribution in [1.29, 1.82) is 0 Å². The maximum absolute atomic E-state index is 11.1. The summed E-state index contributed by atoms with van der Waals surface area (Å²) < 4.78 is 0.472. The number of hydrogen-bond acceptors (Lipinski definition) is 5. The molecule has 8 heteroatoms. The van der Waals surface area contributed by atoms with Crippen LogP contribution in [0.5, 0.6) is 0 Å². The number of carbonyl (C=O) groups is 1. The molecular weight excluding hydrogens is 342 g/mol. The van der Waals surface area contributed by atoms with Gasteiger partial charge in [-0.15, -0.1) is 0 Å². The number of benzene rings is 1. The Bertz CT molecular complexity index is 733. The summed E-state index contributed by atoms with van der Waals surface area (Å²) in [6, 6.07) is 5.87. The summed E-state index contributed by atoms with van der Waals surface area (Å²) in [5, 5.41) is 22.8. The zero-order chi connectivity index (χ0) is 15.6. The highest BCUT2D eigenvalue weighted by molar-refractivity contribution is 9.10. The Balaban J connectivity index is 2.42. The minimum atomic E-state index is -1.05. The number of pyridine rings is 1. The van der Waals surface area contributed by atoms with Gasteiger partial charge in [0.15, 0.2) is 0 Å². The van der Waals surface area contributed by atoms with Gasteiger partial charge < -0.3 is 10.4 Å². The van der Waals surface area contributed by atoms with E-state index in [1.807, 2.05) is 0 Å². The van der Waals surface area contributed by atoms with E-state index in [0.29, 0.717) is 15.7 Å². The monoisotopic (exact) mass is 351 g/mol. The summed E-state index contributed by atoms with van der Waals surface area (Å²) in [5.41, 5.74) is 0.961. The number of hydrogen-bond donors (Lipinski definition) is 2. The molecule has 0 amide bonds. The van der Waals surface area contributed by atoms with Gasteiger partial charge in [0, 0.05) is 16.2 Å². The molecule has 0 saturated heterocycles. The number of carboxylic acids is 1. The van der Waals surface area contributed by atoms with Gasteiger partial charge >= 0.3 is 11.7 Å². The van der Waals surface area contributed by atoms with Crippen LogP contribution in [0.3, 0.4) is 0 Å². The summed E-state index contributed by atoms with van der Waals surface area (Å²) in [7, 11) is 0. The zero-order valence-electron chi connectivity index (χ0n) is 10.8. The maximum atomic E-state index is 11.1. The molecule has 0 aliphatic carbocycles.